The lowest BCUT2D eigenvalue weighted by atomic mass is 10.2. The molecule has 98 valence electrons. The molecule has 19 heavy (non-hydrogen) atoms. The molecule has 0 bridgehead atoms. The number of benzene rings is 1. The Bertz CT molecular complexity index is 594. The molecule has 1 saturated carbocycles. The number of hydrogen-bond donors (Lipinski definition) is 1. The van der Waals surface area contributed by atoms with E-state index >= 15 is 0 Å². The summed E-state index contributed by atoms with van der Waals surface area (Å²) in [6.45, 7) is 2.12. The van der Waals surface area contributed by atoms with Gasteiger partial charge in [-0.25, -0.2) is 9.97 Å². The van der Waals surface area contributed by atoms with Crippen molar-refractivity contribution in [2.75, 3.05) is 5.73 Å². The van der Waals surface area contributed by atoms with Gasteiger partial charge < -0.3 is 5.73 Å². The number of aromatic nitrogens is 2. The molecule has 0 radical (unpaired) electrons. The monoisotopic (exact) mass is 271 g/mol. The minimum Gasteiger partial charge on any atom is -0.384 e. The van der Waals surface area contributed by atoms with Gasteiger partial charge in [0, 0.05) is 22.6 Å². The minimum atomic E-state index is 0.595. The second-order valence-electron chi connectivity index (χ2n) is 4.96. The van der Waals surface area contributed by atoms with Crippen LogP contribution in [0.4, 0.5) is 5.82 Å². The van der Waals surface area contributed by atoms with Crippen LogP contribution in [0, 0.1) is 6.92 Å². The van der Waals surface area contributed by atoms with Gasteiger partial charge in [-0.2, -0.15) is 0 Å². The molecule has 4 heteroatoms. The molecule has 0 unspecified atom stereocenters. The van der Waals surface area contributed by atoms with Crippen LogP contribution >= 0.6 is 11.8 Å². The molecule has 0 amide bonds. The lowest BCUT2D eigenvalue weighted by Gasteiger charge is -2.06. The lowest BCUT2D eigenvalue weighted by molar-refractivity contribution is 0.937. The summed E-state index contributed by atoms with van der Waals surface area (Å²) in [5.41, 5.74) is 8.27. The summed E-state index contributed by atoms with van der Waals surface area (Å²) >= 11 is 1.77. The van der Waals surface area contributed by atoms with E-state index in [1.807, 2.05) is 6.07 Å². The maximum atomic E-state index is 5.86. The number of nitrogens with zero attached hydrogens (tertiary/aromatic N) is 2. The van der Waals surface area contributed by atoms with E-state index in [0.717, 1.165) is 17.3 Å². The Morgan fingerprint density at radius 1 is 1.26 bits per heavy atom. The Morgan fingerprint density at radius 3 is 2.79 bits per heavy atom. The van der Waals surface area contributed by atoms with Crippen LogP contribution < -0.4 is 5.73 Å². The SMILES string of the molecule is Cc1ccccc1SCc1nc(N)cc(C2CC2)n1. The number of hydrogen-bond acceptors (Lipinski definition) is 4. The average Bonchev–Trinajstić information content (AvgIpc) is 3.21. The number of aryl methyl sites for hydroxylation is 1. The van der Waals surface area contributed by atoms with Crippen LogP contribution in [0.15, 0.2) is 35.2 Å². The summed E-state index contributed by atoms with van der Waals surface area (Å²) in [7, 11) is 0. The number of anilines is 1. The molecule has 3 nitrogen and oxygen atoms in total. The van der Waals surface area contributed by atoms with Crippen LogP contribution in [0.25, 0.3) is 0 Å². The Balaban J connectivity index is 1.74. The molecule has 1 aromatic heterocycles. The van der Waals surface area contributed by atoms with Crippen LogP contribution in [0.2, 0.25) is 0 Å². The predicted octanol–water partition coefficient (Wildman–Crippen LogP) is 3.54. The van der Waals surface area contributed by atoms with Crippen molar-refractivity contribution in [3.05, 3.63) is 47.4 Å². The second-order valence-corrected chi connectivity index (χ2v) is 5.98. The van der Waals surface area contributed by atoms with E-state index in [1.165, 1.54) is 23.3 Å². The highest BCUT2D eigenvalue weighted by atomic mass is 32.2. The van der Waals surface area contributed by atoms with Gasteiger partial charge in [-0.15, -0.1) is 11.8 Å². The maximum absolute atomic E-state index is 5.86. The fourth-order valence-electron chi connectivity index (χ4n) is 2.05. The smallest absolute Gasteiger partial charge is 0.141 e. The van der Waals surface area contributed by atoms with E-state index in [4.69, 9.17) is 5.73 Å². The van der Waals surface area contributed by atoms with Crippen molar-refractivity contribution in [1.82, 2.24) is 9.97 Å². The fourth-order valence-corrected chi connectivity index (χ4v) is 2.94. The van der Waals surface area contributed by atoms with E-state index in [9.17, 15) is 0 Å². The third-order valence-corrected chi connectivity index (χ3v) is 4.43. The molecule has 0 saturated heterocycles. The zero-order valence-electron chi connectivity index (χ0n) is 11.0. The molecule has 0 aliphatic heterocycles. The molecular weight excluding hydrogens is 254 g/mol. The summed E-state index contributed by atoms with van der Waals surface area (Å²) in [6, 6.07) is 10.3. The van der Waals surface area contributed by atoms with Crippen molar-refractivity contribution in [2.45, 2.75) is 36.3 Å². The summed E-state index contributed by atoms with van der Waals surface area (Å²) < 4.78 is 0. The molecule has 1 aliphatic carbocycles. The first kappa shape index (κ1) is 12.5. The highest BCUT2D eigenvalue weighted by molar-refractivity contribution is 7.98. The van der Waals surface area contributed by atoms with E-state index in [0.29, 0.717) is 11.7 Å². The van der Waals surface area contributed by atoms with Crippen LogP contribution in [-0.4, -0.2) is 9.97 Å². The Kier molecular flexibility index (Phi) is 3.42. The van der Waals surface area contributed by atoms with Crippen molar-refractivity contribution in [3.8, 4) is 0 Å². The van der Waals surface area contributed by atoms with Crippen molar-refractivity contribution >= 4 is 17.6 Å². The zero-order chi connectivity index (χ0) is 13.2. The first-order chi connectivity index (χ1) is 9.22. The molecule has 1 heterocycles. The van der Waals surface area contributed by atoms with Crippen LogP contribution in [-0.2, 0) is 5.75 Å². The average molecular weight is 271 g/mol. The summed E-state index contributed by atoms with van der Waals surface area (Å²) in [4.78, 5) is 10.2. The van der Waals surface area contributed by atoms with E-state index in [-0.39, 0.29) is 0 Å². The van der Waals surface area contributed by atoms with Gasteiger partial charge in [-0.05, 0) is 31.4 Å². The maximum Gasteiger partial charge on any atom is 0.141 e. The van der Waals surface area contributed by atoms with Gasteiger partial charge in [-0.1, -0.05) is 18.2 Å². The molecule has 2 N–H and O–H groups in total. The van der Waals surface area contributed by atoms with Crippen LogP contribution in [0.3, 0.4) is 0 Å². The molecular formula is C15H17N3S. The van der Waals surface area contributed by atoms with Gasteiger partial charge in [0.05, 0.1) is 5.75 Å². The van der Waals surface area contributed by atoms with Crippen molar-refractivity contribution in [1.29, 1.82) is 0 Å². The molecule has 1 aliphatic rings. The minimum absolute atomic E-state index is 0.595. The number of nitrogens with two attached hydrogens (primary N) is 1. The quantitative estimate of drug-likeness (QED) is 0.864. The fraction of sp³-hybridized carbons (Fsp3) is 0.333. The highest BCUT2D eigenvalue weighted by Crippen LogP contribution is 2.39. The van der Waals surface area contributed by atoms with Crippen molar-refractivity contribution < 1.29 is 0 Å². The van der Waals surface area contributed by atoms with Crippen molar-refractivity contribution in [3.63, 3.8) is 0 Å². The van der Waals surface area contributed by atoms with Gasteiger partial charge in [-0.3, -0.25) is 0 Å². The largest absolute Gasteiger partial charge is 0.384 e. The van der Waals surface area contributed by atoms with Crippen LogP contribution in [0.5, 0.6) is 0 Å². The zero-order valence-corrected chi connectivity index (χ0v) is 11.8. The van der Waals surface area contributed by atoms with Crippen molar-refractivity contribution in [2.24, 2.45) is 0 Å². The third kappa shape index (κ3) is 3.07. The third-order valence-electron chi connectivity index (χ3n) is 3.26. The normalized spacial score (nSPS) is 14.6. The lowest BCUT2D eigenvalue weighted by Crippen LogP contribution is -2.01. The van der Waals surface area contributed by atoms with E-state index in [1.54, 1.807) is 11.8 Å². The Labute approximate surface area is 117 Å². The number of thioether (sulfide) groups is 1. The van der Waals surface area contributed by atoms with Gasteiger partial charge in [0.1, 0.15) is 11.6 Å². The van der Waals surface area contributed by atoms with Gasteiger partial charge in [0.15, 0.2) is 0 Å². The summed E-state index contributed by atoms with van der Waals surface area (Å²) in [5.74, 6) is 2.83. The molecule has 0 atom stereocenters. The first-order valence-corrected chi connectivity index (χ1v) is 7.52. The number of rotatable bonds is 4. The number of nitrogen functional groups attached to an aromatic ring is 1. The highest BCUT2D eigenvalue weighted by Gasteiger charge is 2.25. The Morgan fingerprint density at radius 2 is 2.05 bits per heavy atom. The molecule has 0 spiro atoms. The van der Waals surface area contributed by atoms with Crippen LogP contribution in [0.1, 0.15) is 35.8 Å². The molecule has 1 aromatic carbocycles. The van der Waals surface area contributed by atoms with Gasteiger partial charge in [0.25, 0.3) is 0 Å². The van der Waals surface area contributed by atoms with Gasteiger partial charge >= 0.3 is 0 Å². The molecule has 2 aromatic rings. The standard InChI is InChI=1S/C15H17N3S/c1-10-4-2-3-5-13(10)19-9-15-17-12(11-6-7-11)8-14(16)18-15/h2-5,8,11H,6-7,9H2,1H3,(H2,16,17,18). The molecule has 1 fully saturated rings. The topological polar surface area (TPSA) is 51.8 Å². The molecule has 3 rings (SSSR count). The summed E-state index contributed by atoms with van der Waals surface area (Å²) in [6.07, 6.45) is 2.47. The predicted molar refractivity (Wildman–Crippen MR) is 79.2 cm³/mol. The first-order valence-electron chi connectivity index (χ1n) is 6.54. The van der Waals surface area contributed by atoms with E-state index < -0.39 is 0 Å². The van der Waals surface area contributed by atoms with Gasteiger partial charge in [0.2, 0.25) is 0 Å². The Hall–Kier alpha value is -1.55. The summed E-state index contributed by atoms with van der Waals surface area (Å²) in [5, 5.41) is 0. The van der Waals surface area contributed by atoms with E-state index in [2.05, 4.69) is 41.2 Å². The second kappa shape index (κ2) is 5.21.